The zero-order valence-corrected chi connectivity index (χ0v) is 11.1. The van der Waals surface area contributed by atoms with Crippen LogP contribution >= 0.6 is 11.3 Å². The highest BCUT2D eigenvalue weighted by Crippen LogP contribution is 2.10. The van der Waals surface area contributed by atoms with Gasteiger partial charge in [0.2, 0.25) is 10.0 Å². The van der Waals surface area contributed by atoms with Crippen LogP contribution in [0, 0.1) is 11.3 Å². The molecule has 1 aromatic heterocycles. The minimum absolute atomic E-state index is 0.0525. The second kappa shape index (κ2) is 5.90. The molecule has 0 aromatic carbocycles. The van der Waals surface area contributed by atoms with Crippen molar-refractivity contribution >= 4 is 27.3 Å². The average molecular weight is 289 g/mol. The Morgan fingerprint density at radius 3 is 2.89 bits per heavy atom. The molecule has 98 valence electrons. The molecule has 0 amide bonds. The third-order valence-electron chi connectivity index (χ3n) is 2.06. The number of sulfonamides is 1. The van der Waals surface area contributed by atoms with Crippen LogP contribution in [0.3, 0.4) is 0 Å². The van der Waals surface area contributed by atoms with Crippen molar-refractivity contribution in [1.82, 2.24) is 9.71 Å². The van der Waals surface area contributed by atoms with Crippen LogP contribution in [0.5, 0.6) is 0 Å². The Hall–Kier alpha value is -1.50. The average Bonchev–Trinajstić information content (AvgIpc) is 2.76. The van der Waals surface area contributed by atoms with Crippen LogP contribution in [0.25, 0.3) is 0 Å². The first-order valence-electron chi connectivity index (χ1n) is 4.92. The first kappa shape index (κ1) is 14.6. The topological polar surface area (TPSA) is 120 Å². The summed E-state index contributed by atoms with van der Waals surface area (Å²) in [5, 5.41) is 18.0. The quantitative estimate of drug-likeness (QED) is 0.772. The largest absolute Gasteiger partial charge is 0.476 e. The van der Waals surface area contributed by atoms with E-state index in [0.29, 0.717) is 5.01 Å². The number of hydrogen-bond acceptors (Lipinski definition) is 6. The van der Waals surface area contributed by atoms with Crippen LogP contribution in [0.4, 0.5) is 0 Å². The Balaban J connectivity index is 2.52. The molecule has 0 aliphatic heterocycles. The summed E-state index contributed by atoms with van der Waals surface area (Å²) in [4.78, 5) is 14.4. The fourth-order valence-electron chi connectivity index (χ4n) is 1.02. The van der Waals surface area contributed by atoms with Crippen molar-refractivity contribution < 1.29 is 18.3 Å². The number of thiazole rings is 1. The summed E-state index contributed by atoms with van der Waals surface area (Å²) in [6.07, 6.45) is 0.287. The second-order valence-electron chi connectivity index (χ2n) is 3.39. The maximum absolute atomic E-state index is 11.4. The Kier molecular flexibility index (Phi) is 4.77. The van der Waals surface area contributed by atoms with E-state index in [1.54, 1.807) is 6.07 Å². The normalized spacial score (nSPS) is 12.9. The lowest BCUT2D eigenvalue weighted by atomic mass is 10.4. The third-order valence-corrected chi connectivity index (χ3v) is 4.61. The minimum atomic E-state index is -3.64. The second-order valence-corrected chi connectivity index (χ2v) is 6.42. The van der Waals surface area contributed by atoms with E-state index in [-0.39, 0.29) is 18.7 Å². The van der Waals surface area contributed by atoms with Crippen molar-refractivity contribution in [3.63, 3.8) is 0 Å². The number of rotatable bonds is 6. The first-order chi connectivity index (χ1) is 8.36. The van der Waals surface area contributed by atoms with E-state index in [2.05, 4.69) is 9.71 Å². The van der Waals surface area contributed by atoms with E-state index < -0.39 is 21.2 Å². The van der Waals surface area contributed by atoms with Crippen LogP contribution in [0.2, 0.25) is 0 Å². The van der Waals surface area contributed by atoms with Gasteiger partial charge >= 0.3 is 5.97 Å². The molecule has 1 rings (SSSR count). The van der Waals surface area contributed by atoms with Crippen molar-refractivity contribution in [2.24, 2.45) is 0 Å². The number of carbonyl (C=O) groups is 1. The van der Waals surface area contributed by atoms with Gasteiger partial charge in [0.1, 0.15) is 0 Å². The summed E-state index contributed by atoms with van der Waals surface area (Å²) in [5.41, 5.74) is -0.0525. The lowest BCUT2D eigenvalue weighted by molar-refractivity contribution is 0.0691. The van der Waals surface area contributed by atoms with Gasteiger partial charge < -0.3 is 5.11 Å². The molecular weight excluding hydrogens is 278 g/mol. The highest BCUT2D eigenvalue weighted by atomic mass is 32.2. The number of carboxylic acid groups (broad SMARTS) is 1. The number of carboxylic acids is 1. The number of aromatic carboxylic acids is 1. The Bertz CT molecular complexity index is 573. The molecule has 9 heteroatoms. The molecule has 0 saturated carbocycles. The molecule has 18 heavy (non-hydrogen) atoms. The molecule has 1 atom stereocenters. The Morgan fingerprint density at radius 1 is 1.72 bits per heavy atom. The lowest BCUT2D eigenvalue weighted by Crippen LogP contribution is -2.33. The predicted molar refractivity (Wildman–Crippen MR) is 64.8 cm³/mol. The number of aromatic nitrogens is 1. The van der Waals surface area contributed by atoms with Gasteiger partial charge in [-0.2, -0.15) is 5.26 Å². The molecule has 0 saturated heterocycles. The number of nitrogens with one attached hydrogen (secondary N) is 1. The maximum atomic E-state index is 11.4. The molecule has 0 radical (unpaired) electrons. The van der Waals surface area contributed by atoms with E-state index >= 15 is 0 Å². The smallest absolute Gasteiger partial charge is 0.355 e. The van der Waals surface area contributed by atoms with Crippen LogP contribution < -0.4 is 4.72 Å². The van der Waals surface area contributed by atoms with E-state index in [9.17, 15) is 13.2 Å². The Morgan fingerprint density at radius 2 is 2.39 bits per heavy atom. The van der Waals surface area contributed by atoms with Crippen LogP contribution in [0.1, 0.15) is 22.4 Å². The minimum Gasteiger partial charge on any atom is -0.476 e. The van der Waals surface area contributed by atoms with Gasteiger partial charge in [0, 0.05) is 18.3 Å². The molecule has 1 heterocycles. The van der Waals surface area contributed by atoms with Gasteiger partial charge in [0.05, 0.1) is 11.1 Å². The lowest BCUT2D eigenvalue weighted by Gasteiger charge is -2.06. The van der Waals surface area contributed by atoms with Gasteiger partial charge in [-0.25, -0.2) is 22.9 Å². The highest BCUT2D eigenvalue weighted by molar-refractivity contribution is 7.90. The van der Waals surface area contributed by atoms with Gasteiger partial charge in [0.25, 0.3) is 0 Å². The van der Waals surface area contributed by atoms with Crippen molar-refractivity contribution in [2.45, 2.75) is 18.6 Å². The molecule has 0 spiro atoms. The van der Waals surface area contributed by atoms with E-state index in [1.165, 1.54) is 12.3 Å². The molecule has 1 aromatic rings. The molecule has 0 aliphatic rings. The summed E-state index contributed by atoms with van der Waals surface area (Å²) < 4.78 is 25.1. The first-order valence-corrected chi connectivity index (χ1v) is 7.35. The van der Waals surface area contributed by atoms with Crippen LogP contribution in [-0.4, -0.2) is 36.3 Å². The van der Waals surface area contributed by atoms with Crippen LogP contribution in [0.15, 0.2) is 5.38 Å². The van der Waals surface area contributed by atoms with E-state index in [1.807, 2.05) is 0 Å². The maximum Gasteiger partial charge on any atom is 0.355 e. The standard InChI is InChI=1S/C9H11N3O4S2/c1-6(4-10)18(15,16)11-3-2-8-12-7(5-17-8)9(13)14/h5-6,11H,2-3H2,1H3,(H,13,14). The fraction of sp³-hybridized carbons (Fsp3) is 0.444. The SMILES string of the molecule is CC(C#N)S(=O)(=O)NCCc1nc(C(=O)O)cs1. The Labute approximate surface area is 108 Å². The van der Waals surface area contributed by atoms with Gasteiger partial charge in [0.15, 0.2) is 10.9 Å². The zero-order chi connectivity index (χ0) is 13.8. The van der Waals surface area contributed by atoms with E-state index in [4.69, 9.17) is 10.4 Å². The van der Waals surface area contributed by atoms with Gasteiger partial charge in [-0.1, -0.05) is 0 Å². The summed E-state index contributed by atoms with van der Waals surface area (Å²) in [6.45, 7) is 1.37. The van der Waals surface area contributed by atoms with Crippen molar-refractivity contribution in [3.8, 4) is 6.07 Å². The van der Waals surface area contributed by atoms with Crippen molar-refractivity contribution in [3.05, 3.63) is 16.1 Å². The summed E-state index contributed by atoms with van der Waals surface area (Å²) >= 11 is 1.15. The van der Waals surface area contributed by atoms with Gasteiger partial charge in [-0.15, -0.1) is 11.3 Å². The molecule has 1 unspecified atom stereocenters. The molecule has 0 fully saturated rings. The van der Waals surface area contributed by atoms with Crippen LogP contribution in [-0.2, 0) is 16.4 Å². The van der Waals surface area contributed by atoms with E-state index in [0.717, 1.165) is 11.3 Å². The number of hydrogen-bond donors (Lipinski definition) is 2. The number of nitrogens with zero attached hydrogens (tertiary/aromatic N) is 2. The predicted octanol–water partition coefficient (Wildman–Crippen LogP) is 0.215. The monoisotopic (exact) mass is 289 g/mol. The molecule has 0 aliphatic carbocycles. The summed E-state index contributed by atoms with van der Waals surface area (Å²) in [6, 6.07) is 1.63. The van der Waals surface area contributed by atoms with Crippen molar-refractivity contribution in [2.75, 3.05) is 6.54 Å². The zero-order valence-electron chi connectivity index (χ0n) is 9.45. The summed E-state index contributed by atoms with van der Waals surface area (Å²) in [5.74, 6) is -1.11. The van der Waals surface area contributed by atoms with Gasteiger partial charge in [-0.3, -0.25) is 0 Å². The van der Waals surface area contributed by atoms with Gasteiger partial charge in [-0.05, 0) is 6.92 Å². The molecule has 2 N–H and O–H groups in total. The number of nitriles is 1. The molecular formula is C9H11N3O4S2. The fourth-order valence-corrected chi connectivity index (χ4v) is 2.57. The molecule has 7 nitrogen and oxygen atoms in total. The van der Waals surface area contributed by atoms with Crippen molar-refractivity contribution in [1.29, 1.82) is 5.26 Å². The molecule has 0 bridgehead atoms. The third kappa shape index (κ3) is 3.76. The summed E-state index contributed by atoms with van der Waals surface area (Å²) in [7, 11) is -3.64. The highest BCUT2D eigenvalue weighted by Gasteiger charge is 2.19.